The number of benzene rings is 1. The minimum atomic E-state index is -0.0456. The van der Waals surface area contributed by atoms with Crippen LogP contribution in [0.5, 0.6) is 0 Å². The number of nitrogens with one attached hydrogen (secondary N) is 1. The van der Waals surface area contributed by atoms with Gasteiger partial charge in [-0.1, -0.05) is 25.4 Å². The Labute approximate surface area is 143 Å². The Kier molecular flexibility index (Phi) is 6.17. The third kappa shape index (κ3) is 4.80. The van der Waals surface area contributed by atoms with Crippen molar-refractivity contribution >= 4 is 23.2 Å². The van der Waals surface area contributed by atoms with Crippen LogP contribution in [0.2, 0.25) is 5.02 Å². The second-order valence-electron chi connectivity index (χ2n) is 5.82. The van der Waals surface area contributed by atoms with Gasteiger partial charge < -0.3 is 5.32 Å². The third-order valence-corrected chi connectivity index (χ3v) is 4.40. The first-order valence-corrected chi connectivity index (χ1v) is 8.46. The van der Waals surface area contributed by atoms with Gasteiger partial charge in [0, 0.05) is 22.8 Å². The summed E-state index contributed by atoms with van der Waals surface area (Å²) >= 11 is 5.93. The predicted molar refractivity (Wildman–Crippen MR) is 94.8 cm³/mol. The van der Waals surface area contributed by atoms with E-state index in [9.17, 15) is 4.79 Å². The molecule has 0 aliphatic heterocycles. The number of aromatic nitrogens is 1. The summed E-state index contributed by atoms with van der Waals surface area (Å²) in [7, 11) is 0. The lowest BCUT2D eigenvalue weighted by Gasteiger charge is -2.11. The minimum absolute atomic E-state index is 0.0456. The van der Waals surface area contributed by atoms with Gasteiger partial charge in [-0.25, -0.2) is 0 Å². The molecular formula is C19H24ClN2O+. The predicted octanol–water partition coefficient (Wildman–Crippen LogP) is 4.48. The van der Waals surface area contributed by atoms with Crippen molar-refractivity contribution in [3.8, 4) is 0 Å². The van der Waals surface area contributed by atoms with E-state index in [0.29, 0.717) is 17.5 Å². The standard InChI is InChI=1S/C19H23ClN2O/c1-4-15(5-2)16-8-10-22(11-9-16)13-19(23)21-18-7-6-17(20)12-14(18)3/h6-12,15H,4-5,13H2,1-3H3/p+1. The smallest absolute Gasteiger partial charge is 0.290 e. The molecule has 0 fully saturated rings. The summed E-state index contributed by atoms with van der Waals surface area (Å²) in [6.07, 6.45) is 6.22. The lowest BCUT2D eigenvalue weighted by Crippen LogP contribution is -2.39. The van der Waals surface area contributed by atoms with Crippen molar-refractivity contribution in [3.05, 3.63) is 58.9 Å². The maximum atomic E-state index is 12.2. The van der Waals surface area contributed by atoms with E-state index in [1.54, 1.807) is 6.07 Å². The number of aryl methyl sites for hydroxylation is 1. The van der Waals surface area contributed by atoms with Crippen molar-refractivity contribution in [1.29, 1.82) is 0 Å². The molecule has 122 valence electrons. The van der Waals surface area contributed by atoms with Gasteiger partial charge in [0.25, 0.3) is 5.91 Å². The summed E-state index contributed by atoms with van der Waals surface area (Å²) < 4.78 is 1.90. The zero-order valence-electron chi connectivity index (χ0n) is 14.0. The maximum absolute atomic E-state index is 12.2. The molecule has 0 radical (unpaired) electrons. The van der Waals surface area contributed by atoms with E-state index in [0.717, 1.165) is 24.1 Å². The average Bonchev–Trinajstić information content (AvgIpc) is 2.53. The summed E-state index contributed by atoms with van der Waals surface area (Å²) in [5.74, 6) is 0.547. The van der Waals surface area contributed by atoms with Crippen molar-refractivity contribution in [2.24, 2.45) is 0 Å². The fraction of sp³-hybridized carbons (Fsp3) is 0.368. The molecule has 1 heterocycles. The Balaban J connectivity index is 2.00. The number of nitrogens with zero attached hydrogens (tertiary/aromatic N) is 1. The summed E-state index contributed by atoms with van der Waals surface area (Å²) in [4.78, 5) is 12.2. The second-order valence-corrected chi connectivity index (χ2v) is 6.26. The Morgan fingerprint density at radius 3 is 2.39 bits per heavy atom. The van der Waals surface area contributed by atoms with E-state index in [4.69, 9.17) is 11.6 Å². The number of halogens is 1. The van der Waals surface area contributed by atoms with Crippen LogP contribution in [0, 0.1) is 6.92 Å². The number of amides is 1. The molecule has 3 nitrogen and oxygen atoms in total. The van der Waals surface area contributed by atoms with Crippen molar-refractivity contribution < 1.29 is 9.36 Å². The van der Waals surface area contributed by atoms with E-state index in [1.165, 1.54) is 5.56 Å². The van der Waals surface area contributed by atoms with E-state index in [-0.39, 0.29) is 5.91 Å². The van der Waals surface area contributed by atoms with Crippen molar-refractivity contribution in [2.75, 3.05) is 5.32 Å². The van der Waals surface area contributed by atoms with Gasteiger partial charge in [-0.2, -0.15) is 4.57 Å². The lowest BCUT2D eigenvalue weighted by molar-refractivity contribution is -0.684. The zero-order valence-corrected chi connectivity index (χ0v) is 14.7. The van der Waals surface area contributed by atoms with Gasteiger partial charge in [-0.15, -0.1) is 0 Å². The highest BCUT2D eigenvalue weighted by Crippen LogP contribution is 2.21. The first kappa shape index (κ1) is 17.5. The van der Waals surface area contributed by atoms with Gasteiger partial charge in [0.2, 0.25) is 6.54 Å². The van der Waals surface area contributed by atoms with Gasteiger partial charge in [-0.3, -0.25) is 4.79 Å². The largest absolute Gasteiger partial charge is 0.320 e. The summed E-state index contributed by atoms with van der Waals surface area (Å²) in [6, 6.07) is 9.67. The summed E-state index contributed by atoms with van der Waals surface area (Å²) in [5, 5.41) is 3.60. The minimum Gasteiger partial charge on any atom is -0.320 e. The van der Waals surface area contributed by atoms with Crippen LogP contribution in [0.25, 0.3) is 0 Å². The molecule has 0 unspecified atom stereocenters. The zero-order chi connectivity index (χ0) is 16.8. The molecule has 0 aliphatic rings. The number of anilines is 1. The van der Waals surface area contributed by atoms with Gasteiger partial charge in [-0.05, 0) is 55.0 Å². The van der Waals surface area contributed by atoms with E-state index >= 15 is 0 Å². The first-order chi connectivity index (χ1) is 11.0. The Bertz CT molecular complexity index is 664. The van der Waals surface area contributed by atoms with Crippen LogP contribution in [0.1, 0.15) is 43.7 Å². The molecule has 0 bridgehead atoms. The molecule has 1 aromatic carbocycles. The molecule has 2 rings (SSSR count). The molecule has 0 aliphatic carbocycles. The van der Waals surface area contributed by atoms with Crippen LogP contribution >= 0.6 is 11.6 Å². The number of hydrogen-bond acceptors (Lipinski definition) is 1. The van der Waals surface area contributed by atoms with Gasteiger partial charge in [0.1, 0.15) is 0 Å². The monoisotopic (exact) mass is 331 g/mol. The highest BCUT2D eigenvalue weighted by atomic mass is 35.5. The molecule has 2 aromatic rings. The second kappa shape index (κ2) is 8.11. The molecule has 1 N–H and O–H groups in total. The highest BCUT2D eigenvalue weighted by Gasteiger charge is 2.13. The normalized spacial score (nSPS) is 10.8. The Morgan fingerprint density at radius 2 is 1.83 bits per heavy atom. The molecular weight excluding hydrogens is 308 g/mol. The van der Waals surface area contributed by atoms with Crippen molar-refractivity contribution in [3.63, 3.8) is 0 Å². The topological polar surface area (TPSA) is 33.0 Å². The highest BCUT2D eigenvalue weighted by molar-refractivity contribution is 6.30. The molecule has 0 atom stereocenters. The Morgan fingerprint density at radius 1 is 1.17 bits per heavy atom. The van der Waals surface area contributed by atoms with E-state index in [1.807, 2.05) is 36.0 Å². The number of carbonyl (C=O) groups is 1. The average molecular weight is 332 g/mol. The van der Waals surface area contributed by atoms with Crippen molar-refractivity contribution in [1.82, 2.24) is 0 Å². The molecule has 4 heteroatoms. The molecule has 1 amide bonds. The molecule has 1 aromatic heterocycles. The van der Waals surface area contributed by atoms with Crippen molar-refractivity contribution in [2.45, 2.75) is 46.1 Å². The quantitative estimate of drug-likeness (QED) is 0.778. The van der Waals surface area contributed by atoms with Gasteiger partial charge in [0.15, 0.2) is 12.4 Å². The van der Waals surface area contributed by atoms with Gasteiger partial charge in [0.05, 0.1) is 0 Å². The van der Waals surface area contributed by atoms with Gasteiger partial charge >= 0.3 is 0 Å². The fourth-order valence-electron chi connectivity index (χ4n) is 2.73. The molecule has 0 spiro atoms. The van der Waals surface area contributed by atoms with Crippen LogP contribution < -0.4 is 9.88 Å². The van der Waals surface area contributed by atoms with Crippen LogP contribution in [-0.4, -0.2) is 5.91 Å². The summed E-state index contributed by atoms with van der Waals surface area (Å²) in [6.45, 7) is 6.64. The lowest BCUT2D eigenvalue weighted by atomic mass is 9.95. The SMILES string of the molecule is CCC(CC)c1cc[n+](CC(=O)Nc2ccc(Cl)cc2C)cc1. The van der Waals surface area contributed by atoms with Crippen LogP contribution in [0.15, 0.2) is 42.7 Å². The van der Waals surface area contributed by atoms with E-state index in [2.05, 4.69) is 31.3 Å². The first-order valence-electron chi connectivity index (χ1n) is 8.08. The third-order valence-electron chi connectivity index (χ3n) is 4.16. The van der Waals surface area contributed by atoms with E-state index < -0.39 is 0 Å². The molecule has 23 heavy (non-hydrogen) atoms. The summed E-state index contributed by atoms with van der Waals surface area (Å²) in [5.41, 5.74) is 3.09. The number of carbonyl (C=O) groups excluding carboxylic acids is 1. The molecule has 0 saturated carbocycles. The number of pyridine rings is 1. The van der Waals surface area contributed by atoms with Crippen LogP contribution in [-0.2, 0) is 11.3 Å². The maximum Gasteiger partial charge on any atom is 0.290 e. The van der Waals surface area contributed by atoms with Crippen LogP contribution in [0.3, 0.4) is 0 Å². The molecule has 0 saturated heterocycles. The Hall–Kier alpha value is -1.87. The number of rotatable bonds is 6. The number of hydrogen-bond donors (Lipinski definition) is 1. The van der Waals surface area contributed by atoms with Crippen LogP contribution in [0.4, 0.5) is 5.69 Å². The fourth-order valence-corrected chi connectivity index (χ4v) is 2.96.